The number of nitrogens with two attached hydrogens (primary N) is 1. The Morgan fingerprint density at radius 3 is 2.53 bits per heavy atom. The molecule has 34 heavy (non-hydrogen) atoms. The molecule has 0 saturated carbocycles. The van der Waals surface area contributed by atoms with Gasteiger partial charge in [0.05, 0.1) is 13.7 Å². The van der Waals surface area contributed by atoms with Crippen LogP contribution in [0.3, 0.4) is 0 Å². The number of aromatic nitrogens is 2. The molecule has 4 rings (SSSR count). The van der Waals surface area contributed by atoms with E-state index in [-0.39, 0.29) is 0 Å². The van der Waals surface area contributed by atoms with Crippen LogP contribution in [0.2, 0.25) is 0 Å². The molecule has 0 spiro atoms. The number of benzene rings is 1. The lowest BCUT2D eigenvalue weighted by Crippen LogP contribution is -2.26. The number of carboxylic acid groups (broad SMARTS) is 1. The molecule has 178 valence electrons. The van der Waals surface area contributed by atoms with Crippen molar-refractivity contribution in [2.75, 3.05) is 13.7 Å². The zero-order valence-corrected chi connectivity index (χ0v) is 20.1. The molecule has 3 aromatic rings. The smallest absolute Gasteiger partial charge is 0.300 e. The molecule has 0 radical (unpaired) electrons. The summed E-state index contributed by atoms with van der Waals surface area (Å²) >= 11 is 0. The fourth-order valence-electron chi connectivity index (χ4n) is 3.85. The third-order valence-corrected chi connectivity index (χ3v) is 5.20. The van der Waals surface area contributed by atoms with Gasteiger partial charge < -0.3 is 20.3 Å². The molecule has 0 aliphatic carbocycles. The number of aliphatic imine (C=N–C) groups is 1. The minimum atomic E-state index is -0.852. The van der Waals surface area contributed by atoms with E-state index >= 15 is 0 Å². The lowest BCUT2D eigenvalue weighted by atomic mass is 9.78. The number of carboxylic acids is 1. The van der Waals surface area contributed by atoms with Crippen LogP contribution < -0.4 is 15.2 Å². The highest BCUT2D eigenvalue weighted by atomic mass is 16.5. The fraction of sp³-hybridized carbons (Fsp3) is 0.308. The van der Waals surface area contributed by atoms with Crippen molar-refractivity contribution in [2.24, 2.45) is 16.6 Å². The van der Waals surface area contributed by atoms with Crippen molar-refractivity contribution in [3.8, 4) is 11.6 Å². The second-order valence-electron chi connectivity index (χ2n) is 8.41. The maximum atomic E-state index is 9.00. The maximum absolute atomic E-state index is 9.00. The standard InChI is InChI=1S/C24H26N4O2.C2H4O2/c1-15(2)14-30-19-8-5-7-17(12-19)24(18-11-16(3)23(29-4)27-13-18)20-9-6-10-26-21(20)22(25)28-24;1-2(3)4/h5-13,15H,14H2,1-4H3,(H2,25,28);1H3,(H,3,4). The van der Waals surface area contributed by atoms with Gasteiger partial charge in [0, 0.05) is 36.0 Å². The predicted octanol–water partition coefficient (Wildman–Crippen LogP) is 3.93. The van der Waals surface area contributed by atoms with E-state index in [9.17, 15) is 0 Å². The average Bonchev–Trinajstić information content (AvgIpc) is 3.11. The topological polar surface area (TPSA) is 120 Å². The molecule has 0 bridgehead atoms. The van der Waals surface area contributed by atoms with Gasteiger partial charge in [-0.2, -0.15) is 0 Å². The molecular formula is C26H30N4O4. The number of aliphatic carboxylic acids is 1. The number of pyridine rings is 2. The zero-order chi connectivity index (χ0) is 24.9. The largest absolute Gasteiger partial charge is 0.493 e. The molecule has 0 fully saturated rings. The monoisotopic (exact) mass is 462 g/mol. The number of nitrogens with zero attached hydrogens (tertiary/aromatic N) is 3. The van der Waals surface area contributed by atoms with Crippen molar-refractivity contribution >= 4 is 11.8 Å². The molecule has 3 N–H and O–H groups in total. The van der Waals surface area contributed by atoms with E-state index in [1.165, 1.54) is 0 Å². The van der Waals surface area contributed by atoms with Gasteiger partial charge in [0.2, 0.25) is 5.88 Å². The van der Waals surface area contributed by atoms with Crippen molar-refractivity contribution in [2.45, 2.75) is 33.2 Å². The number of hydrogen-bond donors (Lipinski definition) is 2. The average molecular weight is 463 g/mol. The second kappa shape index (κ2) is 10.3. The summed E-state index contributed by atoms with van der Waals surface area (Å²) in [6.07, 6.45) is 3.53. The Hall–Kier alpha value is -3.94. The molecule has 8 nitrogen and oxygen atoms in total. The Balaban J connectivity index is 0.000000751. The lowest BCUT2D eigenvalue weighted by molar-refractivity contribution is -0.134. The summed E-state index contributed by atoms with van der Waals surface area (Å²) in [6.45, 7) is 7.95. The Labute approximate surface area is 199 Å². The van der Waals surface area contributed by atoms with Crippen molar-refractivity contribution < 1.29 is 19.4 Å². The highest BCUT2D eigenvalue weighted by molar-refractivity contribution is 6.01. The van der Waals surface area contributed by atoms with Crippen LogP contribution in [0, 0.1) is 12.8 Å². The molecule has 0 saturated heterocycles. The maximum Gasteiger partial charge on any atom is 0.300 e. The van der Waals surface area contributed by atoms with Crippen molar-refractivity contribution in [3.63, 3.8) is 0 Å². The normalized spacial score (nSPS) is 16.2. The second-order valence-corrected chi connectivity index (χ2v) is 8.41. The van der Waals surface area contributed by atoms with Crippen molar-refractivity contribution in [3.05, 3.63) is 82.8 Å². The predicted molar refractivity (Wildman–Crippen MR) is 130 cm³/mol. The Bertz CT molecular complexity index is 1200. The number of ether oxygens (including phenoxy) is 2. The third kappa shape index (κ3) is 5.01. The summed E-state index contributed by atoms with van der Waals surface area (Å²) in [4.78, 5) is 23.0. The van der Waals surface area contributed by atoms with E-state index in [1.807, 2.05) is 49.4 Å². The molecule has 2 aromatic heterocycles. The summed E-state index contributed by atoms with van der Waals surface area (Å²) in [7, 11) is 1.62. The van der Waals surface area contributed by atoms with Gasteiger partial charge in [-0.05, 0) is 42.7 Å². The van der Waals surface area contributed by atoms with Crippen LogP contribution in [0.15, 0.2) is 59.9 Å². The van der Waals surface area contributed by atoms with Gasteiger partial charge in [0.25, 0.3) is 5.97 Å². The van der Waals surface area contributed by atoms with Gasteiger partial charge >= 0.3 is 0 Å². The first-order chi connectivity index (χ1) is 16.2. The summed E-state index contributed by atoms with van der Waals surface area (Å²) in [5, 5.41) is 7.42. The van der Waals surface area contributed by atoms with Gasteiger partial charge in [-0.3, -0.25) is 9.78 Å². The first kappa shape index (κ1) is 24.7. The van der Waals surface area contributed by atoms with Gasteiger partial charge in [-0.1, -0.05) is 32.0 Å². The SMILES string of the molecule is CC(=O)O.COc1ncc(C2(c3cccc(OCC(C)C)c3)N=C(N)c3ncccc32)cc1C. The van der Waals surface area contributed by atoms with Crippen LogP contribution in [-0.2, 0) is 10.3 Å². The number of rotatable bonds is 6. The Kier molecular flexibility index (Phi) is 7.50. The van der Waals surface area contributed by atoms with Crippen LogP contribution in [0.25, 0.3) is 0 Å². The van der Waals surface area contributed by atoms with E-state index in [1.54, 1.807) is 19.5 Å². The number of carbonyl (C=O) groups is 1. The highest BCUT2D eigenvalue weighted by Gasteiger charge is 2.44. The van der Waals surface area contributed by atoms with Crippen molar-refractivity contribution in [1.29, 1.82) is 0 Å². The number of hydrogen-bond acceptors (Lipinski definition) is 7. The van der Waals surface area contributed by atoms with Crippen LogP contribution in [0.4, 0.5) is 0 Å². The van der Waals surface area contributed by atoms with E-state index in [4.69, 9.17) is 30.1 Å². The van der Waals surface area contributed by atoms with Gasteiger partial charge in [0.15, 0.2) is 0 Å². The molecular weight excluding hydrogens is 432 g/mol. The first-order valence-corrected chi connectivity index (χ1v) is 10.9. The zero-order valence-electron chi connectivity index (χ0n) is 20.1. The van der Waals surface area contributed by atoms with Crippen LogP contribution in [-0.4, -0.2) is 40.6 Å². The molecule has 0 amide bonds. The summed E-state index contributed by atoms with van der Waals surface area (Å²) in [5.41, 5.74) is 9.88. The third-order valence-electron chi connectivity index (χ3n) is 5.20. The van der Waals surface area contributed by atoms with Crippen molar-refractivity contribution in [1.82, 2.24) is 9.97 Å². The van der Waals surface area contributed by atoms with Crippen LogP contribution in [0.5, 0.6) is 11.6 Å². The molecule has 1 unspecified atom stereocenters. The first-order valence-electron chi connectivity index (χ1n) is 10.9. The minimum absolute atomic E-state index is 0.410. The van der Waals surface area contributed by atoms with E-state index in [0.29, 0.717) is 29.9 Å². The van der Waals surface area contributed by atoms with E-state index < -0.39 is 11.5 Å². The Morgan fingerprint density at radius 2 is 1.88 bits per heavy atom. The molecule has 1 atom stereocenters. The Morgan fingerprint density at radius 1 is 1.15 bits per heavy atom. The van der Waals surface area contributed by atoms with Crippen LogP contribution >= 0.6 is 0 Å². The molecule has 1 aromatic carbocycles. The molecule has 1 aliphatic heterocycles. The van der Waals surface area contributed by atoms with Gasteiger partial charge in [-0.15, -0.1) is 0 Å². The highest BCUT2D eigenvalue weighted by Crippen LogP contribution is 2.46. The number of fused-ring (bicyclic) bond motifs is 1. The number of methoxy groups -OCH3 is 1. The van der Waals surface area contributed by atoms with Gasteiger partial charge in [-0.25, -0.2) is 9.98 Å². The number of amidine groups is 1. The summed E-state index contributed by atoms with van der Waals surface area (Å²) in [5.74, 6) is 1.39. The van der Waals surface area contributed by atoms with Crippen LogP contribution in [0.1, 0.15) is 48.7 Å². The molecule has 1 aliphatic rings. The molecule has 8 heteroatoms. The fourth-order valence-corrected chi connectivity index (χ4v) is 3.85. The van der Waals surface area contributed by atoms with E-state index in [0.717, 1.165) is 34.9 Å². The lowest BCUT2D eigenvalue weighted by Gasteiger charge is -2.29. The number of aryl methyl sites for hydroxylation is 1. The quantitative estimate of drug-likeness (QED) is 0.569. The van der Waals surface area contributed by atoms with E-state index in [2.05, 4.69) is 23.8 Å². The summed E-state index contributed by atoms with van der Waals surface area (Å²) in [6, 6.07) is 14.0. The molecule has 3 heterocycles. The minimum Gasteiger partial charge on any atom is -0.493 e. The van der Waals surface area contributed by atoms with Gasteiger partial charge in [0.1, 0.15) is 22.8 Å². The summed E-state index contributed by atoms with van der Waals surface area (Å²) < 4.78 is 11.4.